The maximum absolute atomic E-state index is 17.7. The van der Waals surface area contributed by atoms with E-state index in [9.17, 15) is 34.4 Å². The van der Waals surface area contributed by atoms with E-state index < -0.39 is 82.0 Å². The Bertz CT molecular complexity index is 1540. The van der Waals surface area contributed by atoms with Gasteiger partial charge in [0.25, 0.3) is 5.09 Å². The molecule has 5 rings (SSSR count). The molecule has 1 aromatic carbocycles. The van der Waals surface area contributed by atoms with Crippen LogP contribution in [-0.2, 0) is 35.3 Å². The van der Waals surface area contributed by atoms with Gasteiger partial charge in [0.1, 0.15) is 6.61 Å². The Hall–Kier alpha value is -3.93. The first-order valence-electron chi connectivity index (χ1n) is 16.2. The molecular weight excluding hydrogens is 613 g/mol. The highest BCUT2D eigenvalue weighted by Gasteiger charge is 2.77. The second-order valence-corrected chi connectivity index (χ2v) is 13.9. The van der Waals surface area contributed by atoms with Gasteiger partial charge in [-0.1, -0.05) is 57.0 Å². The quantitative estimate of drug-likeness (QED) is 0.191. The number of allylic oxidation sites excluding steroid dienone is 4. The summed E-state index contributed by atoms with van der Waals surface area (Å²) >= 11 is 0. The van der Waals surface area contributed by atoms with Crippen molar-refractivity contribution in [3.05, 3.63) is 69.3 Å². The molecule has 0 spiro atoms. The lowest BCUT2D eigenvalue weighted by atomic mass is 9.44. The molecule has 47 heavy (non-hydrogen) atoms. The summed E-state index contributed by atoms with van der Waals surface area (Å²) < 4.78 is 29.4. The highest BCUT2D eigenvalue weighted by atomic mass is 19.1. The zero-order valence-electron chi connectivity index (χ0n) is 27.2. The Morgan fingerprint density at radius 2 is 1.89 bits per heavy atom. The number of Topliss-reactive ketones (excluding diaryl/α,β-unsaturated/α-hetero) is 1. The fourth-order valence-corrected chi connectivity index (χ4v) is 9.23. The van der Waals surface area contributed by atoms with Crippen LogP contribution in [-0.4, -0.2) is 57.7 Å². The van der Waals surface area contributed by atoms with E-state index in [0.29, 0.717) is 37.7 Å². The highest BCUT2D eigenvalue weighted by Crippen LogP contribution is 2.71. The van der Waals surface area contributed by atoms with Crippen LogP contribution in [0.15, 0.2) is 48.1 Å². The number of halogens is 1. The lowest BCUT2D eigenvalue weighted by Gasteiger charge is -2.62. The number of aliphatic hydroxyl groups excluding tert-OH is 1. The SMILES string of the molecule is CCCCC(=O)O[C@]1(C(=O)COC(=O)c2ccccc2CO[N+](=O)[O-])[C@@H](C)C[C@H]2C3CCC4=CC(=O)C=C[C@]4(C)[C@@]3(F)[C@@H](O)C[C@@]21C. The number of hydrogen-bond donors (Lipinski definition) is 1. The number of carbonyl (C=O) groups is 4. The van der Waals surface area contributed by atoms with Gasteiger partial charge in [-0.2, -0.15) is 0 Å². The molecule has 4 aliphatic carbocycles. The van der Waals surface area contributed by atoms with Crippen molar-refractivity contribution in [2.45, 2.75) is 96.6 Å². The standard InChI is InChI=1S/C35H42FNO10/c1-5-6-11-30(41)47-35(29(40)20-45-31(42)25-10-8-7-9-22(25)19-46-37(43)44)21(2)16-27-26-13-12-23-17-24(38)14-15-32(23,3)34(26,36)28(39)18-33(27,35)4/h7-10,14-15,17,21,26-28,39H,5-6,11-13,16,18-20H2,1-4H3/t21-,26?,27-,28-,32-,33-,34-,35-/m0/s1. The third-order valence-electron chi connectivity index (χ3n) is 11.5. The number of unbranched alkanes of at least 4 members (excludes halogenated alkanes) is 1. The van der Waals surface area contributed by atoms with Crippen molar-refractivity contribution >= 4 is 23.5 Å². The number of esters is 2. The third kappa shape index (κ3) is 5.38. The van der Waals surface area contributed by atoms with E-state index in [2.05, 4.69) is 4.84 Å². The number of ketones is 2. The molecule has 12 heteroatoms. The fourth-order valence-electron chi connectivity index (χ4n) is 9.23. The predicted molar refractivity (Wildman–Crippen MR) is 165 cm³/mol. The summed E-state index contributed by atoms with van der Waals surface area (Å²) in [5.74, 6) is -4.27. The van der Waals surface area contributed by atoms with E-state index in [-0.39, 0.29) is 29.8 Å². The number of alkyl halides is 1. The minimum absolute atomic E-state index is 0.0340. The van der Waals surface area contributed by atoms with E-state index in [1.54, 1.807) is 32.9 Å². The molecule has 4 aliphatic rings. The van der Waals surface area contributed by atoms with Crippen molar-refractivity contribution in [3.63, 3.8) is 0 Å². The van der Waals surface area contributed by atoms with Crippen LogP contribution < -0.4 is 0 Å². The minimum Gasteiger partial charge on any atom is -0.454 e. The van der Waals surface area contributed by atoms with Crippen LogP contribution in [0, 0.1) is 38.7 Å². The van der Waals surface area contributed by atoms with Crippen LogP contribution in [0.5, 0.6) is 0 Å². The second kappa shape index (κ2) is 12.6. The van der Waals surface area contributed by atoms with Gasteiger partial charge < -0.3 is 19.4 Å². The van der Waals surface area contributed by atoms with Gasteiger partial charge in [0.05, 0.1) is 11.7 Å². The number of hydrogen-bond acceptors (Lipinski definition) is 10. The summed E-state index contributed by atoms with van der Waals surface area (Å²) in [6.45, 7) is 5.85. The zero-order valence-corrected chi connectivity index (χ0v) is 27.2. The number of carbonyl (C=O) groups excluding carboxylic acids is 4. The second-order valence-electron chi connectivity index (χ2n) is 13.9. The molecule has 0 saturated heterocycles. The Labute approximate surface area is 272 Å². The molecule has 0 radical (unpaired) electrons. The van der Waals surface area contributed by atoms with Crippen molar-refractivity contribution in [2.24, 2.45) is 28.6 Å². The van der Waals surface area contributed by atoms with Gasteiger partial charge in [-0.15, -0.1) is 10.1 Å². The topological polar surface area (TPSA) is 159 Å². The number of rotatable bonds is 11. The van der Waals surface area contributed by atoms with Crippen molar-refractivity contribution in [1.82, 2.24) is 0 Å². The molecule has 8 atom stereocenters. The summed E-state index contributed by atoms with van der Waals surface area (Å²) in [4.78, 5) is 68.3. The number of nitrogens with zero attached hydrogens (tertiary/aromatic N) is 1. The molecule has 0 bridgehead atoms. The highest BCUT2D eigenvalue weighted by molar-refractivity contribution is 6.01. The van der Waals surface area contributed by atoms with Crippen LogP contribution in [0.3, 0.4) is 0 Å². The van der Waals surface area contributed by atoms with Crippen LogP contribution >= 0.6 is 0 Å². The number of benzene rings is 1. The number of aliphatic hydroxyl groups is 1. The van der Waals surface area contributed by atoms with Gasteiger partial charge in [-0.3, -0.25) is 14.4 Å². The summed E-state index contributed by atoms with van der Waals surface area (Å²) in [6.07, 6.45) is 4.93. The number of ether oxygens (including phenoxy) is 2. The molecule has 0 amide bonds. The van der Waals surface area contributed by atoms with Gasteiger partial charge >= 0.3 is 11.9 Å². The Morgan fingerprint density at radius 1 is 1.17 bits per heavy atom. The first-order valence-corrected chi connectivity index (χ1v) is 16.2. The Morgan fingerprint density at radius 3 is 2.60 bits per heavy atom. The van der Waals surface area contributed by atoms with Crippen molar-refractivity contribution in [2.75, 3.05) is 6.61 Å². The van der Waals surface area contributed by atoms with Crippen LogP contribution in [0.1, 0.15) is 88.6 Å². The van der Waals surface area contributed by atoms with Gasteiger partial charge in [0.2, 0.25) is 5.78 Å². The summed E-state index contributed by atoms with van der Waals surface area (Å²) in [5.41, 5.74) is -5.67. The van der Waals surface area contributed by atoms with Gasteiger partial charge in [0.15, 0.2) is 23.7 Å². The maximum atomic E-state index is 17.7. The summed E-state index contributed by atoms with van der Waals surface area (Å²) in [5, 5.41) is 21.5. The van der Waals surface area contributed by atoms with Crippen LogP contribution in [0.4, 0.5) is 4.39 Å². The van der Waals surface area contributed by atoms with E-state index in [0.717, 1.165) is 0 Å². The first kappa shape index (κ1) is 34.4. The van der Waals surface area contributed by atoms with E-state index in [1.807, 2.05) is 6.92 Å². The van der Waals surface area contributed by atoms with Crippen molar-refractivity contribution < 1.29 is 48.1 Å². The average Bonchev–Trinajstić information content (AvgIpc) is 3.24. The molecule has 1 unspecified atom stereocenters. The lowest BCUT2D eigenvalue weighted by Crippen LogP contribution is -2.70. The van der Waals surface area contributed by atoms with Gasteiger partial charge in [-0.05, 0) is 68.7 Å². The van der Waals surface area contributed by atoms with Crippen molar-refractivity contribution in [1.29, 1.82) is 0 Å². The lowest BCUT2D eigenvalue weighted by molar-refractivity contribution is -0.763. The van der Waals surface area contributed by atoms with E-state index in [1.165, 1.54) is 30.4 Å². The van der Waals surface area contributed by atoms with Gasteiger partial charge in [-0.25, -0.2) is 9.18 Å². The van der Waals surface area contributed by atoms with Crippen LogP contribution in [0.2, 0.25) is 0 Å². The molecular formula is C35H42FNO10. The molecule has 11 nitrogen and oxygen atoms in total. The van der Waals surface area contributed by atoms with Crippen molar-refractivity contribution in [3.8, 4) is 0 Å². The van der Waals surface area contributed by atoms with Crippen LogP contribution in [0.25, 0.3) is 0 Å². The molecule has 3 fully saturated rings. The monoisotopic (exact) mass is 655 g/mol. The third-order valence-corrected chi connectivity index (χ3v) is 11.5. The summed E-state index contributed by atoms with van der Waals surface area (Å²) in [7, 11) is 0. The van der Waals surface area contributed by atoms with E-state index >= 15 is 4.39 Å². The predicted octanol–water partition coefficient (Wildman–Crippen LogP) is 5.21. The summed E-state index contributed by atoms with van der Waals surface area (Å²) in [6, 6.07) is 5.95. The molecule has 1 N–H and O–H groups in total. The molecule has 0 heterocycles. The molecule has 3 saturated carbocycles. The molecule has 0 aliphatic heterocycles. The van der Waals surface area contributed by atoms with E-state index in [4.69, 9.17) is 9.47 Å². The van der Waals surface area contributed by atoms with Gasteiger partial charge in [0, 0.05) is 29.1 Å². The zero-order chi connectivity index (χ0) is 34.4. The maximum Gasteiger partial charge on any atom is 0.338 e. The number of fused-ring (bicyclic) bond motifs is 5. The Kier molecular flexibility index (Phi) is 9.22. The largest absolute Gasteiger partial charge is 0.454 e. The molecule has 0 aromatic heterocycles. The smallest absolute Gasteiger partial charge is 0.338 e. The normalized spacial score (nSPS) is 35.5. The Balaban J connectivity index is 1.49. The fraction of sp³-hybridized carbons (Fsp3) is 0.600. The minimum atomic E-state index is -2.15. The first-order chi connectivity index (χ1) is 22.2. The average molecular weight is 656 g/mol. The molecule has 254 valence electrons. The molecule has 1 aromatic rings.